The molecule has 5 rings (SSSR count). The van der Waals surface area contributed by atoms with E-state index in [1.165, 1.54) is 39.2 Å². The number of ether oxygens (including phenoxy) is 2. The van der Waals surface area contributed by atoms with E-state index in [-0.39, 0.29) is 23.9 Å². The van der Waals surface area contributed by atoms with E-state index in [0.29, 0.717) is 11.5 Å². The molecule has 1 heterocycles. The molecule has 0 aliphatic heterocycles. The number of rotatable bonds is 7. The van der Waals surface area contributed by atoms with Crippen LogP contribution in [0.4, 0.5) is 0 Å². The van der Waals surface area contributed by atoms with Crippen molar-refractivity contribution in [2.75, 3.05) is 7.11 Å². The highest BCUT2D eigenvalue weighted by atomic mass is 16.5. The lowest BCUT2D eigenvalue weighted by atomic mass is 9.86. The van der Waals surface area contributed by atoms with Gasteiger partial charge in [-0.25, -0.2) is 9.48 Å². The first kappa shape index (κ1) is 23.2. The van der Waals surface area contributed by atoms with E-state index in [9.17, 15) is 4.79 Å². The Morgan fingerprint density at radius 2 is 1.86 bits per heavy atom. The number of carbonyl (C=O) groups is 1. The molecule has 2 fully saturated rings. The monoisotopic (exact) mass is 468 g/mol. The minimum absolute atomic E-state index is 0.109. The van der Waals surface area contributed by atoms with Gasteiger partial charge in [0.15, 0.2) is 0 Å². The number of terminal acetylenes is 1. The summed E-state index contributed by atoms with van der Waals surface area (Å²) in [6.07, 6.45) is 14.8. The molecule has 35 heavy (non-hydrogen) atoms. The zero-order valence-corrected chi connectivity index (χ0v) is 20.4. The minimum atomic E-state index is -0.387. The first-order valence-electron chi connectivity index (χ1n) is 12.6. The van der Waals surface area contributed by atoms with Gasteiger partial charge >= 0.3 is 5.97 Å². The van der Waals surface area contributed by atoms with Crippen LogP contribution < -0.4 is 4.74 Å². The normalized spacial score (nSPS) is 20.6. The second kappa shape index (κ2) is 10.00. The number of carbonyl (C=O) groups excluding carboxylic acids is 1. The summed E-state index contributed by atoms with van der Waals surface area (Å²) in [7, 11) is 1.39. The van der Waals surface area contributed by atoms with Gasteiger partial charge in [-0.1, -0.05) is 43.5 Å². The van der Waals surface area contributed by atoms with Crippen LogP contribution >= 0.6 is 0 Å². The second-order valence-electron chi connectivity index (χ2n) is 9.76. The molecule has 3 aromatic rings. The van der Waals surface area contributed by atoms with Crippen molar-refractivity contribution >= 4 is 5.97 Å². The van der Waals surface area contributed by atoms with Crippen LogP contribution in [-0.2, 0) is 4.74 Å². The molecule has 1 unspecified atom stereocenters. The third kappa shape index (κ3) is 4.84. The molecule has 2 aliphatic rings. The zero-order valence-electron chi connectivity index (χ0n) is 20.4. The molecule has 0 radical (unpaired) electrons. The van der Waals surface area contributed by atoms with Crippen molar-refractivity contribution in [3.05, 3.63) is 66.0 Å². The highest BCUT2D eigenvalue weighted by Crippen LogP contribution is 2.48. The summed E-state index contributed by atoms with van der Waals surface area (Å²) in [5.74, 6) is 4.19. The highest BCUT2D eigenvalue weighted by Gasteiger charge is 2.42. The highest BCUT2D eigenvalue weighted by molar-refractivity contribution is 5.91. The summed E-state index contributed by atoms with van der Waals surface area (Å²) in [5.41, 5.74) is 4.33. The number of methoxy groups -OCH3 is 1. The molecule has 5 heteroatoms. The number of esters is 1. The second-order valence-corrected chi connectivity index (χ2v) is 9.76. The Hall–Kier alpha value is -3.52. The van der Waals surface area contributed by atoms with Gasteiger partial charge in [0, 0.05) is 11.8 Å². The molecule has 5 nitrogen and oxygen atoms in total. The van der Waals surface area contributed by atoms with E-state index in [1.54, 1.807) is 6.20 Å². The van der Waals surface area contributed by atoms with Gasteiger partial charge < -0.3 is 9.47 Å². The van der Waals surface area contributed by atoms with Crippen molar-refractivity contribution in [3.8, 4) is 34.9 Å². The Balaban J connectivity index is 1.42. The number of hydrogen-bond acceptors (Lipinski definition) is 4. The molecule has 0 amide bonds. The number of hydrogen-bond donors (Lipinski definition) is 0. The molecule has 180 valence electrons. The predicted octanol–water partition coefficient (Wildman–Crippen LogP) is 6.41. The van der Waals surface area contributed by atoms with E-state index in [0.717, 1.165) is 34.7 Å². The van der Waals surface area contributed by atoms with Crippen LogP contribution in [0.2, 0.25) is 0 Å². The molecular formula is C30H32N2O3. The molecule has 0 bridgehead atoms. The lowest BCUT2D eigenvalue weighted by molar-refractivity contribution is 0.0599. The Morgan fingerprint density at radius 3 is 2.57 bits per heavy atom. The van der Waals surface area contributed by atoms with Crippen molar-refractivity contribution in [2.45, 2.75) is 57.5 Å². The van der Waals surface area contributed by atoms with Crippen LogP contribution in [-0.4, -0.2) is 29.0 Å². The topological polar surface area (TPSA) is 53.3 Å². The Morgan fingerprint density at radius 1 is 1.11 bits per heavy atom. The van der Waals surface area contributed by atoms with Gasteiger partial charge in [0.05, 0.1) is 30.8 Å². The van der Waals surface area contributed by atoms with E-state index in [4.69, 9.17) is 15.9 Å². The summed E-state index contributed by atoms with van der Waals surface area (Å²) < 4.78 is 13.2. The smallest absolute Gasteiger partial charge is 0.341 e. The van der Waals surface area contributed by atoms with Crippen LogP contribution in [0.25, 0.3) is 16.8 Å². The largest absolute Gasteiger partial charge is 0.490 e. The van der Waals surface area contributed by atoms with Gasteiger partial charge in [0.25, 0.3) is 0 Å². The maximum absolute atomic E-state index is 12.4. The lowest BCUT2D eigenvalue weighted by Gasteiger charge is -2.28. The van der Waals surface area contributed by atoms with E-state index in [1.807, 2.05) is 28.9 Å². The average Bonchev–Trinajstić information content (AvgIpc) is 3.56. The first-order chi connectivity index (χ1) is 17.1. The molecule has 0 N–H and O–H groups in total. The molecule has 1 aromatic heterocycles. The quantitative estimate of drug-likeness (QED) is 0.297. The summed E-state index contributed by atoms with van der Waals surface area (Å²) >= 11 is 0. The van der Waals surface area contributed by atoms with Crippen molar-refractivity contribution in [1.82, 2.24) is 9.78 Å². The van der Waals surface area contributed by atoms with Crippen LogP contribution in [0.15, 0.2) is 54.7 Å². The Kier molecular flexibility index (Phi) is 6.63. The first-order valence-corrected chi connectivity index (χ1v) is 12.6. The number of aromatic nitrogens is 2. The Bertz CT molecular complexity index is 1250. The molecule has 2 saturated carbocycles. The molecule has 0 spiro atoms. The van der Waals surface area contributed by atoms with Gasteiger partial charge in [0.1, 0.15) is 11.3 Å². The van der Waals surface area contributed by atoms with Crippen LogP contribution in [0.5, 0.6) is 5.75 Å². The Labute approximate surface area is 207 Å². The number of nitrogens with zero attached hydrogens (tertiary/aromatic N) is 2. The van der Waals surface area contributed by atoms with Crippen LogP contribution in [0.3, 0.4) is 0 Å². The lowest BCUT2D eigenvalue weighted by Crippen LogP contribution is -2.25. The van der Waals surface area contributed by atoms with E-state index >= 15 is 0 Å². The third-order valence-electron chi connectivity index (χ3n) is 7.46. The number of benzene rings is 2. The van der Waals surface area contributed by atoms with Gasteiger partial charge in [-0.15, -0.1) is 12.3 Å². The molecule has 3 atom stereocenters. The van der Waals surface area contributed by atoms with Crippen molar-refractivity contribution in [3.63, 3.8) is 0 Å². The van der Waals surface area contributed by atoms with Crippen LogP contribution in [0.1, 0.15) is 67.4 Å². The van der Waals surface area contributed by atoms with Crippen molar-refractivity contribution < 1.29 is 14.3 Å². The fourth-order valence-corrected chi connectivity index (χ4v) is 5.35. The summed E-state index contributed by atoms with van der Waals surface area (Å²) in [6, 6.07) is 16.5. The van der Waals surface area contributed by atoms with Crippen molar-refractivity contribution in [1.29, 1.82) is 0 Å². The summed E-state index contributed by atoms with van der Waals surface area (Å²) in [6.45, 7) is 2.20. The predicted molar refractivity (Wildman–Crippen MR) is 137 cm³/mol. The molecule has 2 aliphatic carbocycles. The van der Waals surface area contributed by atoms with E-state index in [2.05, 4.69) is 42.2 Å². The zero-order chi connectivity index (χ0) is 24.4. The van der Waals surface area contributed by atoms with Crippen molar-refractivity contribution in [2.24, 2.45) is 11.8 Å². The SMILES string of the molecule is C#C[C@@H]1CC1c1c(C(=O)OC)cnn1-c1cccc(-c2cccc(O[C@@H](C)C3CCCCC3)c2)c1. The van der Waals surface area contributed by atoms with Gasteiger partial charge in [-0.2, -0.15) is 5.10 Å². The maximum Gasteiger partial charge on any atom is 0.341 e. The fourth-order valence-electron chi connectivity index (χ4n) is 5.35. The van der Waals surface area contributed by atoms with Gasteiger partial charge in [0.2, 0.25) is 0 Å². The average molecular weight is 469 g/mol. The third-order valence-corrected chi connectivity index (χ3v) is 7.46. The van der Waals surface area contributed by atoms with Crippen LogP contribution in [0, 0.1) is 24.2 Å². The molecular weight excluding hydrogens is 436 g/mol. The van der Waals surface area contributed by atoms with Gasteiger partial charge in [-0.3, -0.25) is 0 Å². The van der Waals surface area contributed by atoms with Gasteiger partial charge in [-0.05, 0) is 67.5 Å². The standard InChI is InChI=1S/C30H32N2O3/c1-4-21-18-27(21)29-28(30(33)34-3)19-31-32(29)25-14-8-12-23(16-25)24-13-9-15-26(17-24)35-20(2)22-10-6-5-7-11-22/h1,8-9,12-17,19-22,27H,5-7,10-11,18H2,2-3H3/t20-,21+,27?/m0/s1. The fraction of sp³-hybridized carbons (Fsp3) is 0.400. The summed E-state index contributed by atoms with van der Waals surface area (Å²) in [5, 5.41) is 4.55. The maximum atomic E-state index is 12.4. The minimum Gasteiger partial charge on any atom is -0.490 e. The molecule has 0 saturated heterocycles. The molecule has 2 aromatic carbocycles. The summed E-state index contributed by atoms with van der Waals surface area (Å²) in [4.78, 5) is 12.4. The van der Waals surface area contributed by atoms with E-state index < -0.39 is 0 Å².